The standard InChI is InChI=1S/C14H12BrNO4/c1-16(7-10-3-5-13(15)20-10)14(17)9-2-4-11-12(6-9)19-8-18-11/h2-6H,7-8H2,1H3. The zero-order valence-corrected chi connectivity index (χ0v) is 12.3. The molecule has 0 aliphatic carbocycles. The molecule has 0 radical (unpaired) electrons. The van der Waals surface area contributed by atoms with Crippen LogP contribution in [-0.4, -0.2) is 24.6 Å². The number of rotatable bonds is 3. The topological polar surface area (TPSA) is 51.9 Å². The van der Waals surface area contributed by atoms with Crippen LogP contribution in [0.25, 0.3) is 0 Å². The summed E-state index contributed by atoms with van der Waals surface area (Å²) in [5, 5.41) is 0. The van der Waals surface area contributed by atoms with Gasteiger partial charge < -0.3 is 18.8 Å². The fourth-order valence-corrected chi connectivity index (χ4v) is 2.33. The number of halogens is 1. The minimum Gasteiger partial charge on any atom is -0.454 e. The van der Waals surface area contributed by atoms with Crippen LogP contribution in [0, 0.1) is 0 Å². The molecule has 6 heteroatoms. The van der Waals surface area contributed by atoms with Crippen molar-refractivity contribution in [2.45, 2.75) is 6.54 Å². The van der Waals surface area contributed by atoms with Gasteiger partial charge >= 0.3 is 0 Å². The van der Waals surface area contributed by atoms with Crippen molar-refractivity contribution in [3.63, 3.8) is 0 Å². The molecule has 2 heterocycles. The zero-order valence-electron chi connectivity index (χ0n) is 10.8. The molecule has 5 nitrogen and oxygen atoms in total. The summed E-state index contributed by atoms with van der Waals surface area (Å²) in [5.41, 5.74) is 0.558. The average molecular weight is 338 g/mol. The fraction of sp³-hybridized carbons (Fsp3) is 0.214. The highest BCUT2D eigenvalue weighted by atomic mass is 79.9. The van der Waals surface area contributed by atoms with Crippen LogP contribution in [0.3, 0.4) is 0 Å². The number of fused-ring (bicyclic) bond motifs is 1. The Labute approximate surface area is 124 Å². The summed E-state index contributed by atoms with van der Waals surface area (Å²) >= 11 is 3.24. The second-order valence-corrected chi connectivity index (χ2v) is 5.22. The van der Waals surface area contributed by atoms with Crippen LogP contribution in [0.4, 0.5) is 0 Å². The number of hydrogen-bond donors (Lipinski definition) is 0. The van der Waals surface area contributed by atoms with E-state index in [1.807, 2.05) is 6.07 Å². The maximum atomic E-state index is 12.3. The van der Waals surface area contributed by atoms with Crippen LogP contribution >= 0.6 is 15.9 Å². The van der Waals surface area contributed by atoms with Gasteiger partial charge in [-0.3, -0.25) is 4.79 Å². The first-order valence-electron chi connectivity index (χ1n) is 6.03. The fourth-order valence-electron chi connectivity index (χ4n) is 1.99. The van der Waals surface area contributed by atoms with Gasteiger partial charge in [-0.1, -0.05) is 0 Å². The van der Waals surface area contributed by atoms with Crippen molar-refractivity contribution >= 4 is 21.8 Å². The molecule has 0 saturated heterocycles. The van der Waals surface area contributed by atoms with E-state index in [-0.39, 0.29) is 12.7 Å². The van der Waals surface area contributed by atoms with Crippen molar-refractivity contribution < 1.29 is 18.7 Å². The molecule has 104 valence electrons. The smallest absolute Gasteiger partial charge is 0.254 e. The Morgan fingerprint density at radius 2 is 2.05 bits per heavy atom. The van der Waals surface area contributed by atoms with Crippen LogP contribution in [-0.2, 0) is 6.54 Å². The van der Waals surface area contributed by atoms with E-state index < -0.39 is 0 Å². The van der Waals surface area contributed by atoms with Gasteiger partial charge in [-0.25, -0.2) is 0 Å². The molecule has 1 aliphatic rings. The van der Waals surface area contributed by atoms with Crippen LogP contribution in [0.15, 0.2) is 39.4 Å². The Morgan fingerprint density at radius 1 is 1.25 bits per heavy atom. The first-order chi connectivity index (χ1) is 9.63. The van der Waals surface area contributed by atoms with Gasteiger partial charge in [-0.15, -0.1) is 0 Å². The van der Waals surface area contributed by atoms with Gasteiger partial charge in [-0.2, -0.15) is 0 Å². The highest BCUT2D eigenvalue weighted by molar-refractivity contribution is 9.10. The third kappa shape index (κ3) is 2.51. The molecule has 1 aliphatic heterocycles. The lowest BCUT2D eigenvalue weighted by molar-refractivity contribution is 0.0774. The molecular weight excluding hydrogens is 326 g/mol. The molecular formula is C14H12BrNO4. The summed E-state index contributed by atoms with van der Waals surface area (Å²) in [6.45, 7) is 0.599. The molecule has 3 rings (SSSR count). The quantitative estimate of drug-likeness (QED) is 0.863. The number of carbonyl (C=O) groups is 1. The zero-order chi connectivity index (χ0) is 14.1. The lowest BCUT2D eigenvalue weighted by Crippen LogP contribution is -2.25. The summed E-state index contributed by atoms with van der Waals surface area (Å²) in [6, 6.07) is 8.79. The van der Waals surface area contributed by atoms with E-state index in [9.17, 15) is 4.79 Å². The predicted molar refractivity (Wildman–Crippen MR) is 74.8 cm³/mol. The van der Waals surface area contributed by atoms with Crippen molar-refractivity contribution in [2.24, 2.45) is 0 Å². The van der Waals surface area contributed by atoms with Gasteiger partial charge in [0.05, 0.1) is 6.54 Å². The highest BCUT2D eigenvalue weighted by Crippen LogP contribution is 2.32. The molecule has 1 amide bonds. The van der Waals surface area contributed by atoms with Gasteiger partial charge in [-0.05, 0) is 46.3 Å². The monoisotopic (exact) mass is 337 g/mol. The molecule has 0 spiro atoms. The summed E-state index contributed by atoms with van der Waals surface area (Å²) in [7, 11) is 1.73. The molecule has 1 aromatic carbocycles. The Morgan fingerprint density at radius 3 is 2.80 bits per heavy atom. The Bertz CT molecular complexity index is 652. The van der Waals surface area contributed by atoms with E-state index in [1.165, 1.54) is 0 Å². The van der Waals surface area contributed by atoms with E-state index in [0.29, 0.717) is 34.0 Å². The van der Waals surface area contributed by atoms with Gasteiger partial charge in [0.15, 0.2) is 16.2 Å². The number of amides is 1. The van der Waals surface area contributed by atoms with Crippen LogP contribution < -0.4 is 9.47 Å². The van der Waals surface area contributed by atoms with Crippen molar-refractivity contribution in [3.8, 4) is 11.5 Å². The van der Waals surface area contributed by atoms with E-state index >= 15 is 0 Å². The first-order valence-corrected chi connectivity index (χ1v) is 6.82. The Kier molecular flexibility index (Phi) is 3.40. The molecule has 0 bridgehead atoms. The number of carbonyl (C=O) groups excluding carboxylic acids is 1. The van der Waals surface area contributed by atoms with Crippen molar-refractivity contribution in [1.29, 1.82) is 0 Å². The van der Waals surface area contributed by atoms with Gasteiger partial charge in [0.1, 0.15) is 5.76 Å². The minimum absolute atomic E-state index is 0.101. The van der Waals surface area contributed by atoms with E-state index in [1.54, 1.807) is 36.2 Å². The molecule has 0 fully saturated rings. The third-order valence-corrected chi connectivity index (χ3v) is 3.41. The van der Waals surface area contributed by atoms with Crippen molar-refractivity contribution in [1.82, 2.24) is 4.90 Å². The Balaban J connectivity index is 1.74. The summed E-state index contributed by atoms with van der Waals surface area (Å²) in [4.78, 5) is 13.9. The maximum Gasteiger partial charge on any atom is 0.254 e. The lowest BCUT2D eigenvalue weighted by Gasteiger charge is -2.15. The van der Waals surface area contributed by atoms with Crippen LogP contribution in [0.2, 0.25) is 0 Å². The summed E-state index contributed by atoms with van der Waals surface area (Å²) in [6.07, 6.45) is 0. The summed E-state index contributed by atoms with van der Waals surface area (Å²) in [5.74, 6) is 1.88. The number of furan rings is 1. The minimum atomic E-state index is -0.101. The van der Waals surface area contributed by atoms with Crippen LogP contribution in [0.5, 0.6) is 11.5 Å². The van der Waals surface area contributed by atoms with Gasteiger partial charge in [0.25, 0.3) is 5.91 Å². The van der Waals surface area contributed by atoms with Crippen LogP contribution in [0.1, 0.15) is 16.1 Å². The molecule has 0 saturated carbocycles. The molecule has 20 heavy (non-hydrogen) atoms. The predicted octanol–water partition coefficient (Wildman–Crippen LogP) is 3.04. The van der Waals surface area contributed by atoms with Gasteiger partial charge in [0.2, 0.25) is 6.79 Å². The lowest BCUT2D eigenvalue weighted by atomic mass is 10.2. The maximum absolute atomic E-state index is 12.3. The largest absolute Gasteiger partial charge is 0.454 e. The molecule has 1 aromatic heterocycles. The molecule has 0 unspecified atom stereocenters. The normalized spacial score (nSPS) is 12.5. The van der Waals surface area contributed by atoms with E-state index in [0.717, 1.165) is 0 Å². The number of hydrogen-bond acceptors (Lipinski definition) is 4. The molecule has 2 aromatic rings. The van der Waals surface area contributed by atoms with E-state index in [2.05, 4.69) is 15.9 Å². The molecule has 0 atom stereocenters. The average Bonchev–Trinajstić information content (AvgIpc) is 3.05. The van der Waals surface area contributed by atoms with E-state index in [4.69, 9.17) is 13.9 Å². The number of ether oxygens (including phenoxy) is 2. The van der Waals surface area contributed by atoms with Gasteiger partial charge in [0, 0.05) is 12.6 Å². The number of benzene rings is 1. The third-order valence-electron chi connectivity index (χ3n) is 2.99. The SMILES string of the molecule is CN(Cc1ccc(Br)o1)C(=O)c1ccc2c(c1)OCO2. The van der Waals surface area contributed by atoms with Crippen molar-refractivity contribution in [3.05, 3.63) is 46.3 Å². The number of nitrogens with zero attached hydrogens (tertiary/aromatic N) is 1. The molecule has 0 N–H and O–H groups in total. The summed E-state index contributed by atoms with van der Waals surface area (Å²) < 4.78 is 16.5. The second-order valence-electron chi connectivity index (χ2n) is 4.44. The Hall–Kier alpha value is -1.95. The first kappa shape index (κ1) is 13.1. The highest BCUT2D eigenvalue weighted by Gasteiger charge is 2.19. The van der Waals surface area contributed by atoms with Crippen molar-refractivity contribution in [2.75, 3.05) is 13.8 Å². The second kappa shape index (κ2) is 5.20.